The van der Waals surface area contributed by atoms with Crippen molar-refractivity contribution in [2.24, 2.45) is 5.73 Å². The van der Waals surface area contributed by atoms with E-state index in [0.29, 0.717) is 78.2 Å². The predicted octanol–water partition coefficient (Wildman–Crippen LogP) is 2.03. The van der Waals surface area contributed by atoms with Crippen molar-refractivity contribution in [1.29, 1.82) is 0 Å². The Bertz CT molecular complexity index is 475. The topological polar surface area (TPSA) is 112 Å². The van der Waals surface area contributed by atoms with Crippen molar-refractivity contribution in [3.05, 3.63) is 24.4 Å². The Hall–Kier alpha value is -1.43. The van der Waals surface area contributed by atoms with E-state index in [0.717, 1.165) is 0 Å². The SMILES string of the molecule is C=C1C=CC(=O)N1CCNC(=O)CCOCCOCCOCCOCCN.CC.CC.CS. The third-order valence-electron chi connectivity index (χ3n) is 3.54. The van der Waals surface area contributed by atoms with Crippen molar-refractivity contribution in [3.63, 3.8) is 0 Å². The van der Waals surface area contributed by atoms with Crippen LogP contribution in [0.5, 0.6) is 0 Å². The van der Waals surface area contributed by atoms with Gasteiger partial charge in [0.05, 0.1) is 52.9 Å². The number of amides is 2. The van der Waals surface area contributed by atoms with E-state index in [-0.39, 0.29) is 18.2 Å². The molecule has 33 heavy (non-hydrogen) atoms. The van der Waals surface area contributed by atoms with Crippen molar-refractivity contribution in [2.45, 2.75) is 34.1 Å². The van der Waals surface area contributed by atoms with Gasteiger partial charge in [-0.05, 0) is 12.3 Å². The van der Waals surface area contributed by atoms with Crippen molar-refractivity contribution in [1.82, 2.24) is 10.2 Å². The van der Waals surface area contributed by atoms with Crippen molar-refractivity contribution in [3.8, 4) is 0 Å². The lowest BCUT2D eigenvalue weighted by molar-refractivity contribution is -0.125. The third kappa shape index (κ3) is 23.5. The van der Waals surface area contributed by atoms with Gasteiger partial charge in [-0.2, -0.15) is 12.6 Å². The molecule has 0 atom stereocenters. The Kier molecular flexibility index (Phi) is 33.5. The fourth-order valence-corrected chi connectivity index (χ4v) is 2.15. The second kappa shape index (κ2) is 30.6. The lowest BCUT2D eigenvalue weighted by Gasteiger charge is -2.17. The highest BCUT2D eigenvalue weighted by Crippen LogP contribution is 2.11. The Labute approximate surface area is 206 Å². The highest BCUT2D eigenvalue weighted by Gasteiger charge is 2.17. The summed E-state index contributed by atoms with van der Waals surface area (Å²) in [6, 6.07) is 0. The smallest absolute Gasteiger partial charge is 0.251 e. The van der Waals surface area contributed by atoms with Gasteiger partial charge in [0, 0.05) is 37.8 Å². The Balaban J connectivity index is -0.00000138. The van der Waals surface area contributed by atoms with Crippen LogP contribution in [0.1, 0.15) is 34.1 Å². The number of allylic oxidation sites excluding steroid dienone is 1. The van der Waals surface area contributed by atoms with Crippen LogP contribution < -0.4 is 11.1 Å². The molecule has 0 aliphatic carbocycles. The zero-order valence-corrected chi connectivity index (χ0v) is 22.2. The molecule has 2 amide bonds. The minimum absolute atomic E-state index is 0.108. The standard InChI is InChI=1S/C18H31N3O6.2C2H6.CH4S/c1-16-2-3-18(23)21(16)7-6-20-17(22)4-8-24-10-12-26-14-15-27-13-11-25-9-5-19;3*1-2/h2-3H,1,4-15,19H2,(H,20,22);2*1-2H3;2H,1H3. The van der Waals surface area contributed by atoms with Gasteiger partial charge in [-0.3, -0.25) is 9.59 Å². The molecule has 1 aliphatic rings. The summed E-state index contributed by atoms with van der Waals surface area (Å²) in [5.74, 6) is -0.227. The minimum Gasteiger partial charge on any atom is -0.379 e. The molecule has 0 spiro atoms. The molecule has 0 radical (unpaired) electrons. The molecule has 0 bridgehead atoms. The van der Waals surface area contributed by atoms with Crippen LogP contribution in [-0.4, -0.2) is 95.5 Å². The van der Waals surface area contributed by atoms with Gasteiger partial charge in [-0.25, -0.2) is 0 Å². The van der Waals surface area contributed by atoms with E-state index in [1.807, 2.05) is 27.7 Å². The number of nitrogens with one attached hydrogen (secondary N) is 1. The first-order valence-corrected chi connectivity index (χ1v) is 12.5. The van der Waals surface area contributed by atoms with E-state index in [1.54, 1.807) is 12.3 Å². The molecule has 0 unspecified atom stereocenters. The van der Waals surface area contributed by atoms with E-state index in [9.17, 15) is 9.59 Å². The highest BCUT2D eigenvalue weighted by molar-refractivity contribution is 7.79. The van der Waals surface area contributed by atoms with Crippen molar-refractivity contribution in [2.75, 3.05) is 78.7 Å². The van der Waals surface area contributed by atoms with E-state index < -0.39 is 0 Å². The van der Waals surface area contributed by atoms with Gasteiger partial charge in [0.15, 0.2) is 0 Å². The van der Waals surface area contributed by atoms with Crippen LogP contribution in [0, 0.1) is 0 Å². The number of hydrogen-bond acceptors (Lipinski definition) is 8. The Morgan fingerprint density at radius 2 is 1.36 bits per heavy atom. The monoisotopic (exact) mass is 493 g/mol. The van der Waals surface area contributed by atoms with Gasteiger partial charge >= 0.3 is 0 Å². The van der Waals surface area contributed by atoms with Gasteiger partial charge in [-0.15, -0.1) is 0 Å². The van der Waals surface area contributed by atoms with Crippen LogP contribution in [0.3, 0.4) is 0 Å². The summed E-state index contributed by atoms with van der Waals surface area (Å²) in [5, 5.41) is 2.75. The fourth-order valence-electron chi connectivity index (χ4n) is 2.15. The molecule has 0 aromatic rings. The zero-order valence-electron chi connectivity index (χ0n) is 21.3. The summed E-state index contributed by atoms with van der Waals surface area (Å²) in [5.41, 5.74) is 5.93. The number of rotatable bonds is 17. The maximum absolute atomic E-state index is 11.7. The second-order valence-electron chi connectivity index (χ2n) is 5.65. The van der Waals surface area contributed by atoms with Crippen molar-refractivity contribution < 1.29 is 28.5 Å². The largest absolute Gasteiger partial charge is 0.379 e. The molecule has 0 fully saturated rings. The number of ether oxygens (including phenoxy) is 4. The summed E-state index contributed by atoms with van der Waals surface area (Å²) in [6.07, 6.45) is 5.08. The average molecular weight is 494 g/mol. The number of hydrogen-bond donors (Lipinski definition) is 3. The Morgan fingerprint density at radius 1 is 0.909 bits per heavy atom. The van der Waals surface area contributed by atoms with Crippen LogP contribution in [-0.2, 0) is 28.5 Å². The van der Waals surface area contributed by atoms with Crippen LogP contribution in [0.25, 0.3) is 0 Å². The van der Waals surface area contributed by atoms with E-state index in [2.05, 4.69) is 24.5 Å². The normalized spacial score (nSPS) is 11.7. The van der Waals surface area contributed by atoms with Gasteiger partial charge in [0.25, 0.3) is 5.91 Å². The maximum Gasteiger partial charge on any atom is 0.251 e. The quantitative estimate of drug-likeness (QED) is 0.210. The molecule has 0 saturated carbocycles. The lowest BCUT2D eigenvalue weighted by atomic mass is 10.4. The molecule has 196 valence electrons. The summed E-state index contributed by atoms with van der Waals surface area (Å²) in [4.78, 5) is 24.7. The summed E-state index contributed by atoms with van der Waals surface area (Å²) in [6.45, 7) is 16.8. The van der Waals surface area contributed by atoms with Crippen LogP contribution in [0.2, 0.25) is 0 Å². The predicted molar refractivity (Wildman–Crippen MR) is 138 cm³/mol. The molecule has 0 aromatic carbocycles. The number of nitrogens with two attached hydrogens (primary N) is 1. The minimum atomic E-state index is -0.119. The van der Waals surface area contributed by atoms with Gasteiger partial charge in [0.2, 0.25) is 5.91 Å². The number of carbonyl (C=O) groups is 2. The van der Waals surface area contributed by atoms with Crippen LogP contribution >= 0.6 is 12.6 Å². The Morgan fingerprint density at radius 3 is 1.79 bits per heavy atom. The molecular formula is C23H47N3O6S. The molecule has 3 N–H and O–H groups in total. The maximum atomic E-state index is 11.7. The van der Waals surface area contributed by atoms with E-state index in [4.69, 9.17) is 24.7 Å². The van der Waals surface area contributed by atoms with Gasteiger partial charge in [0.1, 0.15) is 0 Å². The van der Waals surface area contributed by atoms with Gasteiger partial charge in [-0.1, -0.05) is 34.3 Å². The first kappa shape index (κ1) is 36.1. The number of nitrogens with zero attached hydrogens (tertiary/aromatic N) is 1. The van der Waals surface area contributed by atoms with Crippen LogP contribution in [0.15, 0.2) is 24.4 Å². The number of thiol groups is 1. The lowest BCUT2D eigenvalue weighted by Crippen LogP contribution is -2.35. The van der Waals surface area contributed by atoms with E-state index >= 15 is 0 Å². The van der Waals surface area contributed by atoms with E-state index in [1.165, 1.54) is 11.0 Å². The first-order valence-electron chi connectivity index (χ1n) is 11.6. The second-order valence-corrected chi connectivity index (χ2v) is 5.65. The average Bonchev–Trinajstić information content (AvgIpc) is 3.18. The molecule has 1 rings (SSSR count). The van der Waals surface area contributed by atoms with Gasteiger partial charge < -0.3 is 34.9 Å². The highest BCUT2D eigenvalue weighted by atomic mass is 32.1. The van der Waals surface area contributed by atoms with Crippen LogP contribution in [0.4, 0.5) is 0 Å². The zero-order chi connectivity index (χ0) is 25.7. The number of carbonyl (C=O) groups excluding carboxylic acids is 2. The fraction of sp³-hybridized carbons (Fsp3) is 0.739. The first-order chi connectivity index (χ1) is 16.1. The summed E-state index contributed by atoms with van der Waals surface area (Å²) in [7, 11) is 0. The summed E-state index contributed by atoms with van der Waals surface area (Å²) < 4.78 is 21.2. The molecule has 0 aromatic heterocycles. The summed E-state index contributed by atoms with van der Waals surface area (Å²) >= 11 is 3.53. The molecular weight excluding hydrogens is 446 g/mol. The van der Waals surface area contributed by atoms with Crippen molar-refractivity contribution >= 4 is 24.4 Å². The molecule has 1 heterocycles. The molecule has 0 saturated heterocycles. The molecule has 10 heteroatoms. The molecule has 1 aliphatic heterocycles. The third-order valence-corrected chi connectivity index (χ3v) is 3.54. The molecule has 9 nitrogen and oxygen atoms in total.